The van der Waals surface area contributed by atoms with E-state index in [4.69, 9.17) is 15.2 Å². The number of nitrogens with one attached hydrogen (secondary N) is 1. The molecule has 0 aliphatic carbocycles. The van der Waals surface area contributed by atoms with Crippen LogP contribution in [0.25, 0.3) is 0 Å². The van der Waals surface area contributed by atoms with Gasteiger partial charge in [0.2, 0.25) is 0 Å². The summed E-state index contributed by atoms with van der Waals surface area (Å²) in [6.07, 6.45) is 0. The third-order valence-electron chi connectivity index (χ3n) is 2.80. The molecular weight excluding hydrogens is 303 g/mol. The third kappa shape index (κ3) is 4.99. The largest absolute Gasteiger partial charge is 0.487 e. The molecule has 0 aliphatic heterocycles. The summed E-state index contributed by atoms with van der Waals surface area (Å²) >= 11 is 0. The van der Waals surface area contributed by atoms with Gasteiger partial charge >= 0.3 is 12.0 Å². The molecule has 0 spiro atoms. The van der Waals surface area contributed by atoms with Crippen molar-refractivity contribution in [1.29, 1.82) is 0 Å². The Morgan fingerprint density at radius 3 is 2.39 bits per heavy atom. The zero-order valence-corrected chi connectivity index (χ0v) is 12.1. The van der Waals surface area contributed by atoms with Crippen LogP contribution in [0.3, 0.4) is 0 Å². The molecule has 0 bridgehead atoms. The van der Waals surface area contributed by atoms with Crippen molar-refractivity contribution in [3.8, 4) is 5.75 Å². The van der Waals surface area contributed by atoms with Crippen molar-refractivity contribution in [3.05, 3.63) is 59.9 Å². The molecule has 2 aromatic rings. The first-order chi connectivity index (χ1) is 11.1. The summed E-state index contributed by atoms with van der Waals surface area (Å²) in [5.74, 6) is -0.922. The Balaban J connectivity index is 1.78. The number of amides is 2. The molecule has 23 heavy (non-hydrogen) atoms. The fourth-order valence-corrected chi connectivity index (χ4v) is 1.76. The van der Waals surface area contributed by atoms with Gasteiger partial charge in [0.1, 0.15) is 13.2 Å². The van der Waals surface area contributed by atoms with E-state index in [-0.39, 0.29) is 19.0 Å². The van der Waals surface area contributed by atoms with Crippen LogP contribution in [0, 0.1) is 5.82 Å². The molecule has 0 saturated heterocycles. The van der Waals surface area contributed by atoms with Crippen molar-refractivity contribution in [3.63, 3.8) is 0 Å². The molecule has 7 heteroatoms. The van der Waals surface area contributed by atoms with E-state index >= 15 is 0 Å². The van der Waals surface area contributed by atoms with Crippen LogP contribution < -0.4 is 15.8 Å². The molecule has 0 atom stereocenters. The second-order valence-electron chi connectivity index (χ2n) is 4.48. The summed E-state index contributed by atoms with van der Waals surface area (Å²) in [5, 5.41) is 2.38. The van der Waals surface area contributed by atoms with Gasteiger partial charge in [-0.2, -0.15) is 0 Å². The number of hydrogen-bond donors (Lipinski definition) is 2. The van der Waals surface area contributed by atoms with Crippen molar-refractivity contribution >= 4 is 17.7 Å². The van der Waals surface area contributed by atoms with E-state index in [0.717, 1.165) is 0 Å². The summed E-state index contributed by atoms with van der Waals surface area (Å²) in [6.45, 7) is 0.0163. The number of urea groups is 1. The maximum Gasteiger partial charge on any atom is 0.338 e. The highest BCUT2D eigenvalue weighted by Gasteiger charge is 2.08. The fourth-order valence-electron chi connectivity index (χ4n) is 1.76. The van der Waals surface area contributed by atoms with Crippen molar-refractivity contribution < 1.29 is 23.5 Å². The highest BCUT2D eigenvalue weighted by molar-refractivity contribution is 5.91. The maximum absolute atomic E-state index is 13.3. The Kier molecular flexibility index (Phi) is 5.51. The molecule has 0 saturated carbocycles. The van der Waals surface area contributed by atoms with Crippen molar-refractivity contribution in [1.82, 2.24) is 0 Å². The van der Waals surface area contributed by atoms with Crippen LogP contribution in [0.4, 0.5) is 14.9 Å². The molecule has 6 nitrogen and oxygen atoms in total. The lowest BCUT2D eigenvalue weighted by Gasteiger charge is -2.08. The predicted octanol–water partition coefficient (Wildman–Crippen LogP) is 2.55. The monoisotopic (exact) mass is 318 g/mol. The third-order valence-corrected chi connectivity index (χ3v) is 2.80. The van der Waals surface area contributed by atoms with Crippen LogP contribution >= 0.6 is 0 Å². The lowest BCUT2D eigenvalue weighted by molar-refractivity contribution is 0.0448. The summed E-state index contributed by atoms with van der Waals surface area (Å²) in [6, 6.07) is 11.3. The highest BCUT2D eigenvalue weighted by atomic mass is 19.1. The molecular formula is C16H15FN2O4. The summed E-state index contributed by atoms with van der Waals surface area (Å²) < 4.78 is 23.5. The average molecular weight is 318 g/mol. The number of esters is 1. The number of para-hydroxylation sites is 1. The van der Waals surface area contributed by atoms with Crippen LogP contribution in [0.2, 0.25) is 0 Å². The minimum Gasteiger partial charge on any atom is -0.487 e. The predicted molar refractivity (Wildman–Crippen MR) is 81.8 cm³/mol. The van der Waals surface area contributed by atoms with Crippen LogP contribution in [-0.4, -0.2) is 25.2 Å². The zero-order chi connectivity index (χ0) is 16.7. The lowest BCUT2D eigenvalue weighted by atomic mass is 10.2. The first-order valence-corrected chi connectivity index (χ1v) is 6.77. The molecule has 3 N–H and O–H groups in total. The van der Waals surface area contributed by atoms with Gasteiger partial charge in [-0.05, 0) is 36.4 Å². The van der Waals surface area contributed by atoms with Gasteiger partial charge in [0.05, 0.1) is 5.56 Å². The topological polar surface area (TPSA) is 90.7 Å². The molecule has 2 amide bonds. The molecule has 0 heterocycles. The smallest absolute Gasteiger partial charge is 0.338 e. The van der Waals surface area contributed by atoms with Gasteiger partial charge in [-0.1, -0.05) is 12.1 Å². The van der Waals surface area contributed by atoms with Crippen LogP contribution in [0.5, 0.6) is 5.75 Å². The molecule has 2 rings (SSSR count). The van der Waals surface area contributed by atoms with E-state index < -0.39 is 17.8 Å². The van der Waals surface area contributed by atoms with E-state index in [1.165, 1.54) is 36.4 Å². The zero-order valence-electron chi connectivity index (χ0n) is 12.1. The number of ether oxygens (including phenoxy) is 2. The molecule has 2 aromatic carbocycles. The van der Waals surface area contributed by atoms with E-state index in [0.29, 0.717) is 11.3 Å². The SMILES string of the molecule is NC(=O)Nc1ccc(C(=O)OCCOc2ccccc2F)cc1. The molecule has 0 unspecified atom stereocenters. The minimum atomic E-state index is -0.689. The molecule has 0 radical (unpaired) electrons. The van der Waals surface area contributed by atoms with E-state index in [9.17, 15) is 14.0 Å². The fraction of sp³-hybridized carbons (Fsp3) is 0.125. The quantitative estimate of drug-likeness (QED) is 0.632. The summed E-state index contributed by atoms with van der Waals surface area (Å²) in [4.78, 5) is 22.5. The number of carbonyl (C=O) groups excluding carboxylic acids is 2. The lowest BCUT2D eigenvalue weighted by Crippen LogP contribution is -2.19. The summed E-state index contributed by atoms with van der Waals surface area (Å²) in [7, 11) is 0. The van der Waals surface area contributed by atoms with E-state index in [1.807, 2.05) is 0 Å². The van der Waals surface area contributed by atoms with E-state index in [1.54, 1.807) is 12.1 Å². The highest BCUT2D eigenvalue weighted by Crippen LogP contribution is 2.15. The second-order valence-corrected chi connectivity index (χ2v) is 4.48. The first-order valence-electron chi connectivity index (χ1n) is 6.77. The number of hydrogen-bond acceptors (Lipinski definition) is 4. The molecule has 0 fully saturated rings. The van der Waals surface area contributed by atoms with Gasteiger partial charge in [-0.25, -0.2) is 14.0 Å². The van der Waals surface area contributed by atoms with Gasteiger partial charge in [0.15, 0.2) is 11.6 Å². The van der Waals surface area contributed by atoms with Gasteiger partial charge in [0.25, 0.3) is 0 Å². The number of nitrogens with two attached hydrogens (primary N) is 1. The number of carbonyl (C=O) groups is 2. The number of primary amides is 1. The Bertz CT molecular complexity index is 689. The van der Waals surface area contributed by atoms with Gasteiger partial charge in [-0.15, -0.1) is 0 Å². The number of anilines is 1. The van der Waals surface area contributed by atoms with Crippen molar-refractivity contribution in [2.24, 2.45) is 5.73 Å². The minimum absolute atomic E-state index is 0.0194. The number of rotatable bonds is 6. The second kappa shape index (κ2) is 7.79. The molecule has 120 valence electrons. The average Bonchev–Trinajstić information content (AvgIpc) is 2.53. The maximum atomic E-state index is 13.3. The van der Waals surface area contributed by atoms with Gasteiger partial charge < -0.3 is 20.5 Å². The normalized spacial score (nSPS) is 9.96. The first kappa shape index (κ1) is 16.3. The van der Waals surface area contributed by atoms with Crippen LogP contribution in [0.1, 0.15) is 10.4 Å². The van der Waals surface area contributed by atoms with Crippen molar-refractivity contribution in [2.45, 2.75) is 0 Å². The number of halogens is 1. The van der Waals surface area contributed by atoms with E-state index in [2.05, 4.69) is 5.32 Å². The molecule has 0 aromatic heterocycles. The Hall–Kier alpha value is -3.09. The number of benzene rings is 2. The van der Waals surface area contributed by atoms with Crippen LogP contribution in [-0.2, 0) is 4.74 Å². The van der Waals surface area contributed by atoms with Crippen molar-refractivity contribution in [2.75, 3.05) is 18.5 Å². The van der Waals surface area contributed by atoms with Gasteiger partial charge in [0, 0.05) is 5.69 Å². The standard InChI is InChI=1S/C16H15FN2O4/c17-13-3-1-2-4-14(13)22-9-10-23-15(20)11-5-7-12(8-6-11)19-16(18)21/h1-8H,9-10H2,(H3,18,19,21). The summed E-state index contributed by atoms with van der Waals surface area (Å²) in [5.41, 5.74) is 5.76. The van der Waals surface area contributed by atoms with Gasteiger partial charge in [-0.3, -0.25) is 0 Å². The molecule has 0 aliphatic rings. The van der Waals surface area contributed by atoms with Crippen LogP contribution in [0.15, 0.2) is 48.5 Å². The Labute approximate surface area is 132 Å². The Morgan fingerprint density at radius 2 is 1.74 bits per heavy atom. The Morgan fingerprint density at radius 1 is 1.04 bits per heavy atom.